The van der Waals surface area contributed by atoms with Crippen molar-refractivity contribution in [3.05, 3.63) is 88.9 Å². The molecule has 0 aromatic carbocycles. The Labute approximate surface area is 153 Å². The highest BCUT2D eigenvalue weighted by atomic mass is 14.7. The molecule has 130 valence electrons. The molecule has 0 N–H and O–H groups in total. The van der Waals surface area contributed by atoms with E-state index >= 15 is 0 Å². The number of nitrogens with zero attached hydrogens (tertiary/aromatic N) is 1. The van der Waals surface area contributed by atoms with Crippen molar-refractivity contribution in [2.24, 2.45) is 17.3 Å². The van der Waals surface area contributed by atoms with Crippen LogP contribution in [0.3, 0.4) is 0 Å². The molecule has 25 heavy (non-hydrogen) atoms. The van der Waals surface area contributed by atoms with Crippen LogP contribution in [-0.4, -0.2) is 6.54 Å². The van der Waals surface area contributed by atoms with Gasteiger partial charge in [0.25, 0.3) is 6.54 Å². The van der Waals surface area contributed by atoms with Crippen LogP contribution in [0.1, 0.15) is 34.1 Å². The van der Waals surface area contributed by atoms with E-state index in [0.717, 1.165) is 6.42 Å². The average Bonchev–Trinajstić information content (AvgIpc) is 2.88. The Morgan fingerprint density at radius 1 is 1.12 bits per heavy atom. The second-order valence-electron chi connectivity index (χ2n) is 7.06. The summed E-state index contributed by atoms with van der Waals surface area (Å²) in [6.07, 6.45) is 27.4. The first-order chi connectivity index (χ1) is 12.1. The first kappa shape index (κ1) is 19.0. The highest BCUT2D eigenvalue weighted by molar-refractivity contribution is 5.51. The molecule has 2 aliphatic rings. The summed E-state index contributed by atoms with van der Waals surface area (Å²) in [6.45, 7) is 9.33. The van der Waals surface area contributed by atoms with Crippen molar-refractivity contribution in [2.75, 3.05) is 6.54 Å². The minimum absolute atomic E-state index is 0.0756. The summed E-state index contributed by atoms with van der Waals surface area (Å²) in [5.74, 6) is 0.961. The summed E-state index contributed by atoms with van der Waals surface area (Å²) in [7, 11) is 0. The van der Waals surface area contributed by atoms with Gasteiger partial charge in [0.05, 0.1) is 11.5 Å². The molecule has 0 fully saturated rings. The van der Waals surface area contributed by atoms with E-state index < -0.39 is 0 Å². The second kappa shape index (κ2) is 9.23. The fourth-order valence-corrected chi connectivity index (χ4v) is 2.84. The van der Waals surface area contributed by atoms with Gasteiger partial charge in [-0.15, -0.1) is 0 Å². The highest BCUT2D eigenvalue weighted by Gasteiger charge is 2.25. The van der Waals surface area contributed by atoms with Gasteiger partial charge in [0.15, 0.2) is 0 Å². The zero-order chi connectivity index (χ0) is 18.1. The lowest BCUT2D eigenvalue weighted by Crippen LogP contribution is -2.12. The maximum Gasteiger partial charge on any atom is 0.302 e. The van der Waals surface area contributed by atoms with E-state index in [9.17, 15) is 0 Å². The molecule has 0 aromatic rings. The molecule has 1 unspecified atom stereocenters. The van der Waals surface area contributed by atoms with Crippen molar-refractivity contribution in [2.45, 2.75) is 34.1 Å². The van der Waals surface area contributed by atoms with Crippen molar-refractivity contribution in [3.63, 3.8) is 0 Å². The van der Waals surface area contributed by atoms with Crippen molar-refractivity contribution in [3.8, 4) is 6.07 Å². The van der Waals surface area contributed by atoms with Crippen LogP contribution in [0.15, 0.2) is 84.1 Å². The average molecular weight is 333 g/mol. The number of hydrogen-bond acceptors (Lipinski definition) is 0. The number of hydrogen-bond donors (Lipinski definition) is 0. The molecular formula is C24H30N+. The first-order valence-corrected chi connectivity index (χ1v) is 9.27. The molecule has 1 atom stereocenters. The normalized spacial score (nSPS) is 20.5. The predicted molar refractivity (Wildman–Crippen MR) is 111 cm³/mol. The Morgan fingerprint density at radius 3 is 2.32 bits per heavy atom. The largest absolute Gasteiger partial charge is 0.302 e. The lowest BCUT2D eigenvalue weighted by molar-refractivity contribution is 0.606. The first-order valence-electron chi connectivity index (χ1n) is 9.27. The Balaban J connectivity index is 2.04. The fourth-order valence-electron chi connectivity index (χ4n) is 2.84. The summed E-state index contributed by atoms with van der Waals surface area (Å²) in [4.78, 5) is 4.48. The van der Waals surface area contributed by atoms with E-state index in [2.05, 4.69) is 98.5 Å². The van der Waals surface area contributed by atoms with Crippen LogP contribution in [-0.2, 0) is 0 Å². The maximum atomic E-state index is 4.48. The molecule has 0 bridgehead atoms. The molecule has 2 rings (SSSR count). The lowest BCUT2D eigenvalue weighted by atomic mass is 9.90. The van der Waals surface area contributed by atoms with Gasteiger partial charge < -0.3 is 0 Å². The molecule has 1 heteroatoms. The molecule has 1 nitrogen and oxygen atoms in total. The smallest absolute Gasteiger partial charge is 0.0911 e. The molecule has 0 spiro atoms. The van der Waals surface area contributed by atoms with E-state index in [1.165, 1.54) is 11.1 Å². The molecule has 0 aliphatic heterocycles. The minimum atomic E-state index is -0.0756. The summed E-state index contributed by atoms with van der Waals surface area (Å²) >= 11 is 0. The molecule has 0 saturated carbocycles. The Hall–Kier alpha value is -2.33. The summed E-state index contributed by atoms with van der Waals surface area (Å²) in [5.41, 5.74) is 2.48. The van der Waals surface area contributed by atoms with Crippen molar-refractivity contribution in [1.29, 1.82) is 0 Å². The third kappa shape index (κ3) is 5.91. The van der Waals surface area contributed by atoms with Gasteiger partial charge in [-0.3, -0.25) is 0 Å². The lowest BCUT2D eigenvalue weighted by Gasteiger charge is -2.11. The highest BCUT2D eigenvalue weighted by Crippen LogP contribution is 2.29. The summed E-state index contributed by atoms with van der Waals surface area (Å²) < 4.78 is 0. The van der Waals surface area contributed by atoms with E-state index in [4.69, 9.17) is 0 Å². The Kier molecular flexibility index (Phi) is 7.02. The summed E-state index contributed by atoms with van der Waals surface area (Å²) in [5, 5.41) is 0. The van der Waals surface area contributed by atoms with Gasteiger partial charge in [0.1, 0.15) is 0 Å². The van der Waals surface area contributed by atoms with Crippen LogP contribution in [0.25, 0.3) is 4.85 Å². The van der Waals surface area contributed by atoms with Crippen LogP contribution in [0.4, 0.5) is 0 Å². The zero-order valence-corrected chi connectivity index (χ0v) is 15.9. The van der Waals surface area contributed by atoms with Gasteiger partial charge in [-0.05, 0) is 43.3 Å². The predicted octanol–water partition coefficient (Wildman–Crippen LogP) is 6.67. The zero-order valence-electron chi connectivity index (χ0n) is 15.9. The van der Waals surface area contributed by atoms with Gasteiger partial charge in [0, 0.05) is 0 Å². The van der Waals surface area contributed by atoms with Crippen molar-refractivity contribution >= 4 is 0 Å². The quantitative estimate of drug-likeness (QED) is 0.400. The molecule has 0 saturated heterocycles. The van der Waals surface area contributed by atoms with Crippen LogP contribution in [0, 0.1) is 23.3 Å². The van der Waals surface area contributed by atoms with Gasteiger partial charge in [-0.25, -0.2) is 0 Å². The molecule has 0 heterocycles. The number of rotatable bonds is 4. The molecule has 0 aromatic heterocycles. The molecular weight excluding hydrogens is 302 g/mol. The Bertz CT molecular complexity index is 692. The van der Waals surface area contributed by atoms with Crippen LogP contribution >= 0.6 is 0 Å². The van der Waals surface area contributed by atoms with Gasteiger partial charge in [-0.2, -0.15) is 0 Å². The van der Waals surface area contributed by atoms with Crippen molar-refractivity contribution in [1.82, 2.24) is 0 Å². The third-order valence-electron chi connectivity index (χ3n) is 4.62. The van der Waals surface area contributed by atoms with Gasteiger partial charge in [0.2, 0.25) is 0 Å². The maximum absolute atomic E-state index is 4.48. The number of allylic oxidation sites excluding steroid dienone is 12. The third-order valence-corrected chi connectivity index (χ3v) is 4.62. The Morgan fingerprint density at radius 2 is 1.76 bits per heavy atom. The molecule has 0 radical (unpaired) electrons. The van der Waals surface area contributed by atoms with E-state index in [1.807, 2.05) is 13.0 Å². The van der Waals surface area contributed by atoms with Gasteiger partial charge in [-0.1, -0.05) is 85.5 Å². The SMILES string of the molecule is CC=CC(C)C=CC#[N+]CC1(C)C=CC2=C(C=CC(CC)C=C2)C=C1. The van der Waals surface area contributed by atoms with Crippen LogP contribution < -0.4 is 0 Å². The van der Waals surface area contributed by atoms with E-state index in [-0.39, 0.29) is 5.41 Å². The van der Waals surface area contributed by atoms with Crippen LogP contribution in [0.2, 0.25) is 0 Å². The summed E-state index contributed by atoms with van der Waals surface area (Å²) in [6, 6.07) is 3.05. The van der Waals surface area contributed by atoms with Crippen molar-refractivity contribution < 1.29 is 0 Å². The van der Waals surface area contributed by atoms with Crippen LogP contribution in [0.5, 0.6) is 0 Å². The molecule has 0 amide bonds. The van der Waals surface area contributed by atoms with Gasteiger partial charge >= 0.3 is 6.07 Å². The van der Waals surface area contributed by atoms with E-state index in [1.54, 1.807) is 0 Å². The monoisotopic (exact) mass is 332 g/mol. The second-order valence-corrected chi connectivity index (χ2v) is 7.06. The van der Waals surface area contributed by atoms with E-state index in [0.29, 0.717) is 18.4 Å². The fraction of sp³-hybridized carbons (Fsp3) is 0.375. The molecule has 2 aliphatic carbocycles. The minimum Gasteiger partial charge on any atom is -0.0911 e. The standard InChI is InChI=1S/C24H30N/c1-5-8-20(3)9-7-18-25-19-24(4)16-14-22-12-10-21(6-2)11-13-23(22)15-17-24/h5,7-17,20-21H,6,19H2,1-4H3/q+1. The topological polar surface area (TPSA) is 4.36 Å².